The van der Waals surface area contributed by atoms with Gasteiger partial charge in [0.1, 0.15) is 5.54 Å². The third-order valence-electron chi connectivity index (χ3n) is 3.88. The quantitative estimate of drug-likeness (QED) is 0.754. The second-order valence-corrected chi connectivity index (χ2v) is 6.03. The van der Waals surface area contributed by atoms with Gasteiger partial charge >= 0.3 is 6.03 Å². The first-order chi connectivity index (χ1) is 9.52. The van der Waals surface area contributed by atoms with Gasteiger partial charge in [0, 0.05) is 11.9 Å². The number of piperidine rings is 1. The number of hydrogen-bond acceptors (Lipinski definition) is 4. The molecule has 3 heterocycles. The smallest absolute Gasteiger partial charge is 0.322 e. The summed E-state index contributed by atoms with van der Waals surface area (Å²) in [6.07, 6.45) is 1.26. The molecule has 20 heavy (non-hydrogen) atoms. The number of imide groups is 1. The van der Waals surface area contributed by atoms with E-state index in [0.717, 1.165) is 5.56 Å². The molecular weight excluding hydrogens is 278 g/mol. The number of amides is 4. The second kappa shape index (κ2) is 4.59. The SMILES string of the molecule is Cc1cscc1C(=O)N1CCCC2(C1)NC(=O)NC2=O. The molecule has 2 N–H and O–H groups in total. The molecular formula is C13H15N3O3S. The van der Waals surface area contributed by atoms with Gasteiger partial charge in [0.25, 0.3) is 11.8 Å². The van der Waals surface area contributed by atoms with E-state index < -0.39 is 11.6 Å². The highest BCUT2D eigenvalue weighted by molar-refractivity contribution is 7.08. The molecule has 1 spiro atoms. The highest BCUT2D eigenvalue weighted by atomic mass is 32.1. The summed E-state index contributed by atoms with van der Waals surface area (Å²) < 4.78 is 0. The third kappa shape index (κ3) is 1.98. The van der Waals surface area contributed by atoms with Crippen molar-refractivity contribution in [1.29, 1.82) is 0 Å². The topological polar surface area (TPSA) is 78.5 Å². The largest absolute Gasteiger partial charge is 0.336 e. The highest BCUT2D eigenvalue weighted by Gasteiger charge is 2.49. The average molecular weight is 293 g/mol. The highest BCUT2D eigenvalue weighted by Crippen LogP contribution is 2.26. The zero-order valence-electron chi connectivity index (χ0n) is 11.1. The summed E-state index contributed by atoms with van der Waals surface area (Å²) in [6.45, 7) is 2.74. The van der Waals surface area contributed by atoms with Crippen LogP contribution in [0, 0.1) is 6.92 Å². The second-order valence-electron chi connectivity index (χ2n) is 5.29. The Balaban J connectivity index is 1.82. The predicted octanol–water partition coefficient (Wildman–Crippen LogP) is 0.871. The zero-order valence-corrected chi connectivity index (χ0v) is 11.9. The molecule has 2 saturated heterocycles. The van der Waals surface area contributed by atoms with E-state index in [2.05, 4.69) is 10.6 Å². The number of aryl methyl sites for hydroxylation is 1. The van der Waals surface area contributed by atoms with Crippen LogP contribution in [0.3, 0.4) is 0 Å². The van der Waals surface area contributed by atoms with Crippen molar-refractivity contribution in [3.8, 4) is 0 Å². The van der Waals surface area contributed by atoms with Gasteiger partial charge in [-0.15, -0.1) is 0 Å². The van der Waals surface area contributed by atoms with Gasteiger partial charge in [-0.25, -0.2) is 4.79 Å². The fraction of sp³-hybridized carbons (Fsp3) is 0.462. The summed E-state index contributed by atoms with van der Waals surface area (Å²) in [5.41, 5.74) is 0.672. The van der Waals surface area contributed by atoms with Crippen molar-refractivity contribution in [2.75, 3.05) is 13.1 Å². The third-order valence-corrected chi connectivity index (χ3v) is 4.74. The molecule has 0 aromatic carbocycles. The molecule has 2 aliphatic heterocycles. The first-order valence-corrected chi connectivity index (χ1v) is 7.42. The predicted molar refractivity (Wildman–Crippen MR) is 73.6 cm³/mol. The average Bonchev–Trinajstić information content (AvgIpc) is 2.94. The van der Waals surface area contributed by atoms with Crippen LogP contribution in [0.5, 0.6) is 0 Å². The molecule has 7 heteroatoms. The van der Waals surface area contributed by atoms with Gasteiger partial charge in [0.05, 0.1) is 12.1 Å². The maximum atomic E-state index is 12.5. The maximum absolute atomic E-state index is 12.5. The normalized spacial score (nSPS) is 25.8. The van der Waals surface area contributed by atoms with Crippen LogP contribution >= 0.6 is 11.3 Å². The number of hydrogen-bond donors (Lipinski definition) is 2. The standard InChI is InChI=1S/C13H15N3O3S/c1-8-5-20-6-9(8)10(17)16-4-2-3-13(7-16)11(18)14-12(19)15-13/h5-6H,2-4,7H2,1H3,(H2,14,15,18,19). The number of nitrogens with zero attached hydrogens (tertiary/aromatic N) is 1. The van der Waals surface area contributed by atoms with Crippen molar-refractivity contribution >= 4 is 29.2 Å². The van der Waals surface area contributed by atoms with Gasteiger partial charge in [0.2, 0.25) is 0 Å². The molecule has 0 radical (unpaired) electrons. The molecule has 106 valence electrons. The van der Waals surface area contributed by atoms with Crippen molar-refractivity contribution < 1.29 is 14.4 Å². The van der Waals surface area contributed by atoms with E-state index >= 15 is 0 Å². The Kier molecular flexibility index (Phi) is 3.01. The fourth-order valence-electron chi connectivity index (χ4n) is 2.79. The molecule has 1 aromatic heterocycles. The lowest BCUT2D eigenvalue weighted by Crippen LogP contribution is -2.59. The van der Waals surface area contributed by atoms with E-state index in [-0.39, 0.29) is 18.4 Å². The van der Waals surface area contributed by atoms with E-state index in [0.29, 0.717) is 24.9 Å². The van der Waals surface area contributed by atoms with Crippen LogP contribution in [0.4, 0.5) is 4.79 Å². The summed E-state index contributed by atoms with van der Waals surface area (Å²) in [5, 5.41) is 8.68. The van der Waals surface area contributed by atoms with Crippen LogP contribution in [0.25, 0.3) is 0 Å². The van der Waals surface area contributed by atoms with E-state index in [1.165, 1.54) is 11.3 Å². The lowest BCUT2D eigenvalue weighted by Gasteiger charge is -2.38. The van der Waals surface area contributed by atoms with E-state index in [1.54, 1.807) is 4.90 Å². The van der Waals surface area contributed by atoms with Crippen molar-refractivity contribution in [2.45, 2.75) is 25.3 Å². The first-order valence-electron chi connectivity index (χ1n) is 6.47. The van der Waals surface area contributed by atoms with Crippen LogP contribution < -0.4 is 10.6 Å². The van der Waals surface area contributed by atoms with Crippen LogP contribution in [-0.4, -0.2) is 41.4 Å². The summed E-state index contributed by atoms with van der Waals surface area (Å²) in [6, 6.07) is -0.476. The monoisotopic (exact) mass is 293 g/mol. The fourth-order valence-corrected chi connectivity index (χ4v) is 3.62. The first kappa shape index (κ1) is 13.1. The molecule has 3 rings (SSSR count). The molecule has 1 unspecified atom stereocenters. The Hall–Kier alpha value is -1.89. The molecule has 0 bridgehead atoms. The molecule has 6 nitrogen and oxygen atoms in total. The van der Waals surface area contributed by atoms with Gasteiger partial charge < -0.3 is 10.2 Å². The number of nitrogens with one attached hydrogen (secondary N) is 2. The van der Waals surface area contributed by atoms with Gasteiger partial charge in [-0.1, -0.05) is 0 Å². The Morgan fingerprint density at radius 3 is 2.80 bits per heavy atom. The van der Waals surface area contributed by atoms with Crippen LogP contribution in [0.15, 0.2) is 10.8 Å². The number of rotatable bonds is 1. The minimum absolute atomic E-state index is 0.0724. The summed E-state index contributed by atoms with van der Waals surface area (Å²) >= 11 is 1.49. The molecule has 2 aliphatic rings. The number of carbonyl (C=O) groups is 3. The van der Waals surface area contributed by atoms with Crippen molar-refractivity contribution in [1.82, 2.24) is 15.5 Å². The minimum atomic E-state index is -0.949. The van der Waals surface area contributed by atoms with Crippen molar-refractivity contribution in [3.63, 3.8) is 0 Å². The van der Waals surface area contributed by atoms with Crippen LogP contribution in [-0.2, 0) is 4.79 Å². The van der Waals surface area contributed by atoms with Gasteiger partial charge in [-0.05, 0) is 30.7 Å². The Bertz CT molecular complexity index is 597. The Morgan fingerprint density at radius 2 is 2.20 bits per heavy atom. The molecule has 0 aliphatic carbocycles. The molecule has 4 amide bonds. The number of carbonyl (C=O) groups excluding carboxylic acids is 3. The van der Waals surface area contributed by atoms with E-state index in [4.69, 9.17) is 0 Å². The van der Waals surface area contributed by atoms with E-state index in [9.17, 15) is 14.4 Å². The Labute approximate surface area is 120 Å². The molecule has 1 atom stereocenters. The lowest BCUT2D eigenvalue weighted by atomic mass is 9.89. The van der Waals surface area contributed by atoms with Crippen LogP contribution in [0.1, 0.15) is 28.8 Å². The minimum Gasteiger partial charge on any atom is -0.336 e. The van der Waals surface area contributed by atoms with Gasteiger partial charge in [0.15, 0.2) is 0 Å². The van der Waals surface area contributed by atoms with Gasteiger partial charge in [-0.2, -0.15) is 11.3 Å². The summed E-state index contributed by atoms with van der Waals surface area (Å²) in [5.74, 6) is -0.404. The maximum Gasteiger partial charge on any atom is 0.322 e. The van der Waals surface area contributed by atoms with Crippen molar-refractivity contribution in [3.05, 3.63) is 21.9 Å². The molecule has 2 fully saturated rings. The number of likely N-dealkylation sites (tertiary alicyclic amines) is 1. The summed E-state index contributed by atoms with van der Waals surface area (Å²) in [4.78, 5) is 37.4. The zero-order chi connectivity index (χ0) is 14.3. The summed E-state index contributed by atoms with van der Waals surface area (Å²) in [7, 11) is 0. The van der Waals surface area contributed by atoms with Gasteiger partial charge in [-0.3, -0.25) is 14.9 Å². The molecule has 0 saturated carbocycles. The van der Waals surface area contributed by atoms with E-state index in [1.807, 2.05) is 17.7 Å². The Morgan fingerprint density at radius 1 is 1.40 bits per heavy atom. The van der Waals surface area contributed by atoms with Crippen molar-refractivity contribution in [2.24, 2.45) is 0 Å². The lowest BCUT2D eigenvalue weighted by molar-refractivity contribution is -0.125. The molecule has 1 aromatic rings. The number of thiophene rings is 1. The van der Waals surface area contributed by atoms with Crippen LogP contribution in [0.2, 0.25) is 0 Å². The number of urea groups is 1.